The van der Waals surface area contributed by atoms with E-state index in [2.05, 4.69) is 18.7 Å². The van der Waals surface area contributed by atoms with E-state index in [4.69, 9.17) is 9.47 Å². The highest BCUT2D eigenvalue weighted by Crippen LogP contribution is 2.28. The minimum absolute atomic E-state index is 0.167. The number of nitrogens with zero attached hydrogens (tertiary/aromatic N) is 1. The van der Waals surface area contributed by atoms with Crippen LogP contribution in [0.2, 0.25) is 0 Å². The summed E-state index contributed by atoms with van der Waals surface area (Å²) >= 11 is 0. The Labute approximate surface area is 106 Å². The molecule has 102 valence electrons. The molecule has 1 aliphatic rings. The maximum atomic E-state index is 6.11. The number of hydrogen-bond acceptors (Lipinski definition) is 3. The molecule has 1 saturated heterocycles. The van der Waals surface area contributed by atoms with Crippen LogP contribution in [-0.2, 0) is 9.47 Å². The lowest BCUT2D eigenvalue weighted by molar-refractivity contribution is -0.192. The van der Waals surface area contributed by atoms with E-state index >= 15 is 0 Å². The third-order valence-corrected chi connectivity index (χ3v) is 3.64. The molecule has 0 aliphatic carbocycles. The molecular formula is C14H29NO2. The van der Waals surface area contributed by atoms with Gasteiger partial charge in [0.05, 0.1) is 6.61 Å². The van der Waals surface area contributed by atoms with Crippen LogP contribution in [0.25, 0.3) is 0 Å². The van der Waals surface area contributed by atoms with Gasteiger partial charge in [-0.2, -0.15) is 0 Å². The summed E-state index contributed by atoms with van der Waals surface area (Å²) in [5, 5.41) is 0. The van der Waals surface area contributed by atoms with Crippen molar-refractivity contribution in [2.45, 2.75) is 58.1 Å². The number of ether oxygens (including phenoxy) is 2. The van der Waals surface area contributed by atoms with Crippen LogP contribution in [0, 0.1) is 0 Å². The molecule has 0 saturated carbocycles. The van der Waals surface area contributed by atoms with Gasteiger partial charge < -0.3 is 9.47 Å². The fourth-order valence-electron chi connectivity index (χ4n) is 2.78. The summed E-state index contributed by atoms with van der Waals surface area (Å²) in [6, 6.07) is 0. The second-order valence-electron chi connectivity index (χ2n) is 4.96. The van der Waals surface area contributed by atoms with Crippen LogP contribution in [0.3, 0.4) is 0 Å². The maximum absolute atomic E-state index is 6.11. The normalized spacial score (nSPS) is 21.4. The van der Waals surface area contributed by atoms with Crippen molar-refractivity contribution < 1.29 is 9.47 Å². The molecule has 0 N–H and O–H groups in total. The van der Waals surface area contributed by atoms with Gasteiger partial charge in [0.25, 0.3) is 0 Å². The quantitative estimate of drug-likeness (QED) is 0.654. The van der Waals surface area contributed by atoms with Gasteiger partial charge in [0, 0.05) is 26.8 Å². The molecule has 0 radical (unpaired) electrons. The lowest BCUT2D eigenvalue weighted by Gasteiger charge is -2.45. The Kier molecular flexibility index (Phi) is 7.09. The Morgan fingerprint density at radius 3 is 2.35 bits per heavy atom. The van der Waals surface area contributed by atoms with Crippen molar-refractivity contribution in [3.05, 3.63) is 0 Å². The van der Waals surface area contributed by atoms with Crippen molar-refractivity contribution in [1.82, 2.24) is 4.90 Å². The maximum Gasteiger partial charge on any atom is 0.145 e. The van der Waals surface area contributed by atoms with E-state index in [9.17, 15) is 0 Å². The van der Waals surface area contributed by atoms with Crippen molar-refractivity contribution >= 4 is 0 Å². The minimum atomic E-state index is -0.167. The second kappa shape index (κ2) is 8.06. The molecule has 3 heteroatoms. The number of unbranched alkanes of at least 4 members (excludes halogenated alkanes) is 1. The molecule has 0 amide bonds. The van der Waals surface area contributed by atoms with Crippen molar-refractivity contribution in [3.8, 4) is 0 Å². The first-order valence-electron chi connectivity index (χ1n) is 7.17. The summed E-state index contributed by atoms with van der Waals surface area (Å²) in [6.07, 6.45) is 7.46. The summed E-state index contributed by atoms with van der Waals surface area (Å²) in [5.74, 6) is 0. The van der Waals surface area contributed by atoms with Crippen LogP contribution in [0.5, 0.6) is 0 Å². The molecule has 0 aromatic rings. The van der Waals surface area contributed by atoms with Crippen LogP contribution in [-0.4, -0.2) is 44.0 Å². The van der Waals surface area contributed by atoms with E-state index in [1.54, 1.807) is 7.11 Å². The van der Waals surface area contributed by atoms with Gasteiger partial charge in [0.1, 0.15) is 5.72 Å². The monoisotopic (exact) mass is 243 g/mol. The third kappa shape index (κ3) is 4.23. The van der Waals surface area contributed by atoms with Crippen LogP contribution in [0.15, 0.2) is 0 Å². The fraction of sp³-hybridized carbons (Fsp3) is 1.00. The van der Waals surface area contributed by atoms with Crippen molar-refractivity contribution in [2.24, 2.45) is 0 Å². The molecule has 0 spiro atoms. The van der Waals surface area contributed by atoms with Gasteiger partial charge in [-0.1, -0.05) is 19.8 Å². The molecule has 1 heterocycles. The van der Waals surface area contributed by atoms with E-state index in [1.807, 2.05) is 0 Å². The SMILES string of the molecule is CCCCC(COC)(OCC)N1CCCCC1. The van der Waals surface area contributed by atoms with Gasteiger partial charge >= 0.3 is 0 Å². The number of hydrogen-bond donors (Lipinski definition) is 0. The molecule has 0 bridgehead atoms. The molecule has 17 heavy (non-hydrogen) atoms. The number of likely N-dealkylation sites (tertiary alicyclic amines) is 1. The zero-order valence-corrected chi connectivity index (χ0v) is 11.8. The number of rotatable bonds is 8. The van der Waals surface area contributed by atoms with Crippen LogP contribution < -0.4 is 0 Å². The molecule has 0 aromatic heterocycles. The van der Waals surface area contributed by atoms with Gasteiger partial charge in [-0.15, -0.1) is 0 Å². The summed E-state index contributed by atoms with van der Waals surface area (Å²) in [6.45, 7) is 8.10. The van der Waals surface area contributed by atoms with Gasteiger partial charge in [-0.25, -0.2) is 0 Å². The van der Waals surface area contributed by atoms with Crippen molar-refractivity contribution in [2.75, 3.05) is 33.4 Å². The highest BCUT2D eigenvalue weighted by Gasteiger charge is 2.37. The van der Waals surface area contributed by atoms with E-state index in [-0.39, 0.29) is 5.72 Å². The molecular weight excluding hydrogens is 214 g/mol. The van der Waals surface area contributed by atoms with Gasteiger partial charge in [-0.05, 0) is 32.6 Å². The third-order valence-electron chi connectivity index (χ3n) is 3.64. The van der Waals surface area contributed by atoms with E-state index in [0.29, 0.717) is 6.61 Å². The summed E-state index contributed by atoms with van der Waals surface area (Å²) in [5.41, 5.74) is -0.167. The van der Waals surface area contributed by atoms with E-state index in [0.717, 1.165) is 26.1 Å². The number of methoxy groups -OCH3 is 1. The Hall–Kier alpha value is -0.120. The molecule has 1 unspecified atom stereocenters. The molecule has 0 aromatic carbocycles. The van der Waals surface area contributed by atoms with Crippen LogP contribution >= 0.6 is 0 Å². The predicted octanol–water partition coefficient (Wildman–Crippen LogP) is 3.04. The first kappa shape index (κ1) is 14.9. The van der Waals surface area contributed by atoms with E-state index < -0.39 is 0 Å². The Bertz CT molecular complexity index is 185. The predicted molar refractivity (Wildman–Crippen MR) is 71.2 cm³/mol. The van der Waals surface area contributed by atoms with Crippen LogP contribution in [0.4, 0.5) is 0 Å². The average Bonchev–Trinajstić information content (AvgIpc) is 2.37. The molecule has 1 atom stereocenters. The van der Waals surface area contributed by atoms with Crippen LogP contribution in [0.1, 0.15) is 52.4 Å². The number of piperidine rings is 1. The molecule has 1 aliphatic heterocycles. The molecule has 1 fully saturated rings. The highest BCUT2D eigenvalue weighted by atomic mass is 16.6. The first-order valence-corrected chi connectivity index (χ1v) is 7.17. The van der Waals surface area contributed by atoms with Crippen molar-refractivity contribution in [1.29, 1.82) is 0 Å². The fourth-order valence-corrected chi connectivity index (χ4v) is 2.78. The largest absolute Gasteiger partial charge is 0.380 e. The zero-order chi connectivity index (χ0) is 12.6. The summed E-state index contributed by atoms with van der Waals surface area (Å²) in [4.78, 5) is 2.51. The summed E-state index contributed by atoms with van der Waals surface area (Å²) < 4.78 is 11.6. The lowest BCUT2D eigenvalue weighted by Crippen LogP contribution is -2.55. The van der Waals surface area contributed by atoms with Gasteiger partial charge in [-0.3, -0.25) is 4.90 Å². The molecule has 3 nitrogen and oxygen atoms in total. The highest BCUT2D eigenvalue weighted by molar-refractivity contribution is 4.84. The Morgan fingerprint density at radius 2 is 1.82 bits per heavy atom. The standard InChI is InChI=1S/C14H29NO2/c1-4-6-10-14(13-16-3,17-5-2)15-11-8-7-9-12-15/h4-13H2,1-3H3. The van der Waals surface area contributed by atoms with Crippen molar-refractivity contribution in [3.63, 3.8) is 0 Å². The second-order valence-corrected chi connectivity index (χ2v) is 4.96. The van der Waals surface area contributed by atoms with E-state index in [1.165, 1.54) is 32.1 Å². The zero-order valence-electron chi connectivity index (χ0n) is 11.8. The average molecular weight is 243 g/mol. The Morgan fingerprint density at radius 1 is 1.12 bits per heavy atom. The topological polar surface area (TPSA) is 21.7 Å². The first-order chi connectivity index (χ1) is 8.29. The van der Waals surface area contributed by atoms with Gasteiger partial charge in [0.15, 0.2) is 0 Å². The minimum Gasteiger partial charge on any atom is -0.380 e. The van der Waals surface area contributed by atoms with Gasteiger partial charge in [0.2, 0.25) is 0 Å². The smallest absolute Gasteiger partial charge is 0.145 e. The Balaban J connectivity index is 2.70. The molecule has 1 rings (SSSR count). The lowest BCUT2D eigenvalue weighted by atomic mass is 10.0. The summed E-state index contributed by atoms with van der Waals surface area (Å²) in [7, 11) is 1.78.